The molecule has 0 radical (unpaired) electrons. The molecule has 0 rings (SSSR count). The van der Waals surface area contributed by atoms with Crippen LogP contribution in [0, 0.1) is 5.92 Å². The smallest absolute Gasteiger partial charge is 0.223 e. The Kier molecular flexibility index (Phi) is 8.64. The van der Waals surface area contributed by atoms with E-state index in [1.165, 1.54) is 0 Å². The van der Waals surface area contributed by atoms with Crippen LogP contribution in [-0.2, 0) is 4.79 Å². The highest BCUT2D eigenvalue weighted by Crippen LogP contribution is 2.13. The quantitative estimate of drug-likeness (QED) is 0.586. The van der Waals surface area contributed by atoms with Crippen molar-refractivity contribution in [1.82, 2.24) is 5.32 Å². The largest absolute Gasteiger partial charge is 0.356 e. The average Bonchev–Trinajstić information content (AvgIpc) is 2.18. The second kappa shape index (κ2) is 9.00. The molecule has 0 aliphatic heterocycles. The van der Waals surface area contributed by atoms with Gasteiger partial charge in [-0.05, 0) is 25.8 Å². The Morgan fingerprint density at radius 3 is 2.29 bits per heavy atom. The van der Waals surface area contributed by atoms with Crippen LogP contribution in [0.1, 0.15) is 46.0 Å². The molecule has 14 heavy (non-hydrogen) atoms. The van der Waals surface area contributed by atoms with E-state index in [1.807, 2.05) is 0 Å². The van der Waals surface area contributed by atoms with Gasteiger partial charge in [0.15, 0.2) is 0 Å². The van der Waals surface area contributed by atoms with Crippen molar-refractivity contribution in [1.29, 1.82) is 0 Å². The van der Waals surface area contributed by atoms with Crippen LogP contribution in [-0.4, -0.2) is 19.0 Å². The van der Waals surface area contributed by atoms with E-state index in [-0.39, 0.29) is 11.8 Å². The molecule has 0 aliphatic carbocycles. The summed E-state index contributed by atoms with van der Waals surface area (Å²) in [6.07, 6.45) is 5.03. The van der Waals surface area contributed by atoms with Gasteiger partial charge in [-0.3, -0.25) is 4.79 Å². The molecule has 0 saturated carbocycles. The first-order valence-corrected chi connectivity index (χ1v) is 5.74. The van der Waals surface area contributed by atoms with Crippen LogP contribution in [0.2, 0.25) is 0 Å². The summed E-state index contributed by atoms with van der Waals surface area (Å²) in [5, 5.41) is 2.93. The molecule has 0 fully saturated rings. The van der Waals surface area contributed by atoms with Gasteiger partial charge in [-0.2, -0.15) is 0 Å². The molecule has 0 aromatic rings. The summed E-state index contributed by atoms with van der Waals surface area (Å²) >= 11 is 0. The lowest BCUT2D eigenvalue weighted by Gasteiger charge is -2.14. The van der Waals surface area contributed by atoms with Crippen molar-refractivity contribution >= 4 is 5.91 Å². The van der Waals surface area contributed by atoms with Crippen LogP contribution in [0.3, 0.4) is 0 Å². The maximum absolute atomic E-state index is 11.6. The van der Waals surface area contributed by atoms with Gasteiger partial charge in [-0.1, -0.05) is 26.7 Å². The summed E-state index contributed by atoms with van der Waals surface area (Å²) in [4.78, 5) is 11.6. The maximum Gasteiger partial charge on any atom is 0.223 e. The molecule has 0 unspecified atom stereocenters. The van der Waals surface area contributed by atoms with E-state index < -0.39 is 0 Å². The fourth-order valence-corrected chi connectivity index (χ4v) is 1.56. The van der Waals surface area contributed by atoms with Crippen LogP contribution >= 0.6 is 0 Å². The van der Waals surface area contributed by atoms with E-state index in [2.05, 4.69) is 19.2 Å². The van der Waals surface area contributed by atoms with Crippen LogP contribution in [0.15, 0.2) is 0 Å². The zero-order valence-corrected chi connectivity index (χ0v) is 9.51. The number of amides is 1. The predicted octanol–water partition coefficient (Wildman–Crippen LogP) is 1.67. The number of nitrogens with two attached hydrogens (primary N) is 1. The van der Waals surface area contributed by atoms with Crippen molar-refractivity contribution in [3.63, 3.8) is 0 Å². The second-order valence-corrected chi connectivity index (χ2v) is 3.71. The van der Waals surface area contributed by atoms with E-state index in [4.69, 9.17) is 5.73 Å². The molecule has 3 nitrogen and oxygen atoms in total. The highest BCUT2D eigenvalue weighted by atomic mass is 16.1. The topological polar surface area (TPSA) is 55.1 Å². The number of hydrogen-bond donors (Lipinski definition) is 2. The molecule has 0 saturated heterocycles. The molecule has 0 aromatic heterocycles. The summed E-state index contributed by atoms with van der Waals surface area (Å²) in [5.41, 5.74) is 5.36. The minimum atomic E-state index is 0.210. The van der Waals surface area contributed by atoms with Gasteiger partial charge in [0, 0.05) is 12.5 Å². The fraction of sp³-hybridized carbons (Fsp3) is 0.909. The summed E-state index contributed by atoms with van der Waals surface area (Å²) in [7, 11) is 0. The predicted molar refractivity (Wildman–Crippen MR) is 60.0 cm³/mol. The van der Waals surface area contributed by atoms with Crippen molar-refractivity contribution in [3.05, 3.63) is 0 Å². The van der Waals surface area contributed by atoms with Gasteiger partial charge in [-0.25, -0.2) is 0 Å². The van der Waals surface area contributed by atoms with Crippen LogP contribution in [0.25, 0.3) is 0 Å². The van der Waals surface area contributed by atoms with Crippen LogP contribution in [0.5, 0.6) is 0 Å². The fourth-order valence-electron chi connectivity index (χ4n) is 1.56. The van der Waals surface area contributed by atoms with Gasteiger partial charge in [0.1, 0.15) is 0 Å². The van der Waals surface area contributed by atoms with Gasteiger partial charge in [0.05, 0.1) is 0 Å². The third kappa shape index (κ3) is 5.97. The van der Waals surface area contributed by atoms with Crippen molar-refractivity contribution in [3.8, 4) is 0 Å². The minimum absolute atomic E-state index is 0.210. The first kappa shape index (κ1) is 13.4. The SMILES string of the molecule is CCCC(CCC)C(=O)NCCCN. The molecular weight excluding hydrogens is 176 g/mol. The number of hydrogen-bond acceptors (Lipinski definition) is 2. The van der Waals surface area contributed by atoms with E-state index in [9.17, 15) is 4.79 Å². The first-order chi connectivity index (χ1) is 6.76. The normalized spacial score (nSPS) is 10.6. The Balaban J connectivity index is 3.76. The molecule has 3 N–H and O–H groups in total. The monoisotopic (exact) mass is 200 g/mol. The second-order valence-electron chi connectivity index (χ2n) is 3.71. The Morgan fingerprint density at radius 2 is 1.86 bits per heavy atom. The molecule has 0 aromatic carbocycles. The molecule has 0 aliphatic rings. The summed E-state index contributed by atoms with van der Waals surface area (Å²) in [6, 6.07) is 0. The van der Waals surface area contributed by atoms with Gasteiger partial charge in [-0.15, -0.1) is 0 Å². The minimum Gasteiger partial charge on any atom is -0.356 e. The lowest BCUT2D eigenvalue weighted by atomic mass is 9.97. The Morgan fingerprint density at radius 1 is 1.29 bits per heavy atom. The Labute approximate surface area is 87.4 Å². The molecule has 0 atom stereocenters. The molecule has 0 spiro atoms. The van der Waals surface area contributed by atoms with Crippen LogP contribution < -0.4 is 11.1 Å². The van der Waals surface area contributed by atoms with E-state index in [1.54, 1.807) is 0 Å². The van der Waals surface area contributed by atoms with Crippen LogP contribution in [0.4, 0.5) is 0 Å². The first-order valence-electron chi connectivity index (χ1n) is 5.74. The summed E-state index contributed by atoms with van der Waals surface area (Å²) < 4.78 is 0. The van der Waals surface area contributed by atoms with E-state index in [0.717, 1.165) is 38.6 Å². The zero-order valence-electron chi connectivity index (χ0n) is 9.51. The van der Waals surface area contributed by atoms with E-state index in [0.29, 0.717) is 6.54 Å². The highest BCUT2D eigenvalue weighted by molar-refractivity contribution is 5.78. The van der Waals surface area contributed by atoms with Gasteiger partial charge in [0.25, 0.3) is 0 Å². The Bertz CT molecular complexity index is 142. The van der Waals surface area contributed by atoms with Crippen molar-refractivity contribution in [2.75, 3.05) is 13.1 Å². The average molecular weight is 200 g/mol. The molecule has 3 heteroatoms. The van der Waals surface area contributed by atoms with Crippen molar-refractivity contribution in [2.45, 2.75) is 46.0 Å². The molecule has 1 amide bonds. The highest BCUT2D eigenvalue weighted by Gasteiger charge is 2.15. The zero-order chi connectivity index (χ0) is 10.8. The molecule has 0 bridgehead atoms. The van der Waals surface area contributed by atoms with E-state index >= 15 is 0 Å². The Hall–Kier alpha value is -0.570. The van der Waals surface area contributed by atoms with Gasteiger partial charge in [0.2, 0.25) is 5.91 Å². The number of carbonyl (C=O) groups excluding carboxylic acids is 1. The third-order valence-electron chi connectivity index (χ3n) is 2.33. The summed E-state index contributed by atoms with van der Waals surface area (Å²) in [6.45, 7) is 5.61. The standard InChI is InChI=1S/C11H24N2O/c1-3-6-10(7-4-2)11(14)13-9-5-8-12/h10H,3-9,12H2,1-2H3,(H,13,14). The van der Waals surface area contributed by atoms with Crippen molar-refractivity contribution in [2.24, 2.45) is 11.7 Å². The maximum atomic E-state index is 11.6. The lowest BCUT2D eigenvalue weighted by molar-refractivity contribution is -0.125. The molecule has 0 heterocycles. The number of nitrogens with one attached hydrogen (secondary N) is 1. The number of rotatable bonds is 8. The lowest BCUT2D eigenvalue weighted by Crippen LogP contribution is -2.32. The number of carbonyl (C=O) groups is 1. The van der Waals surface area contributed by atoms with Crippen molar-refractivity contribution < 1.29 is 4.79 Å². The van der Waals surface area contributed by atoms with Gasteiger partial charge < -0.3 is 11.1 Å². The summed E-state index contributed by atoms with van der Waals surface area (Å²) in [5.74, 6) is 0.421. The van der Waals surface area contributed by atoms with Gasteiger partial charge >= 0.3 is 0 Å². The molecular formula is C11H24N2O. The third-order valence-corrected chi connectivity index (χ3v) is 2.33. The molecule has 84 valence electrons.